The Bertz CT molecular complexity index is 525. The van der Waals surface area contributed by atoms with E-state index in [-0.39, 0.29) is 0 Å². The number of ether oxygens (including phenoxy) is 1. The standard InChI is InChI=1S/C13H16ClN3O/c1-2-17-6-5-16-13(17)9-18-12-4-3-10(8-15)7-11(12)14/h3-7H,2,8-9,15H2,1H3. The number of benzene rings is 1. The highest BCUT2D eigenvalue weighted by Gasteiger charge is 2.06. The first-order chi connectivity index (χ1) is 8.74. The molecular weight excluding hydrogens is 250 g/mol. The van der Waals surface area contributed by atoms with E-state index in [0.29, 0.717) is 23.9 Å². The van der Waals surface area contributed by atoms with Crippen LogP contribution in [-0.4, -0.2) is 9.55 Å². The fourth-order valence-electron chi connectivity index (χ4n) is 1.70. The number of nitrogens with zero attached hydrogens (tertiary/aromatic N) is 2. The summed E-state index contributed by atoms with van der Waals surface area (Å²) in [6.07, 6.45) is 3.69. The molecule has 0 aliphatic carbocycles. The van der Waals surface area contributed by atoms with Crippen molar-refractivity contribution in [1.29, 1.82) is 0 Å². The minimum atomic E-state index is 0.405. The van der Waals surface area contributed by atoms with Gasteiger partial charge >= 0.3 is 0 Å². The Morgan fingerprint density at radius 3 is 2.94 bits per heavy atom. The van der Waals surface area contributed by atoms with Crippen molar-refractivity contribution < 1.29 is 4.74 Å². The topological polar surface area (TPSA) is 53.1 Å². The molecule has 18 heavy (non-hydrogen) atoms. The normalized spacial score (nSPS) is 10.6. The van der Waals surface area contributed by atoms with Crippen LogP contribution in [0, 0.1) is 0 Å². The number of aryl methyl sites for hydroxylation is 1. The van der Waals surface area contributed by atoms with Gasteiger partial charge < -0.3 is 15.0 Å². The molecule has 1 aromatic carbocycles. The van der Waals surface area contributed by atoms with E-state index < -0.39 is 0 Å². The number of hydrogen-bond acceptors (Lipinski definition) is 3. The second-order valence-corrected chi connectivity index (χ2v) is 4.29. The van der Waals surface area contributed by atoms with Gasteiger partial charge in [0.05, 0.1) is 5.02 Å². The molecule has 96 valence electrons. The fraction of sp³-hybridized carbons (Fsp3) is 0.308. The minimum Gasteiger partial charge on any atom is -0.484 e. The lowest BCUT2D eigenvalue weighted by Gasteiger charge is -2.09. The first-order valence-electron chi connectivity index (χ1n) is 5.86. The van der Waals surface area contributed by atoms with Gasteiger partial charge in [0, 0.05) is 25.5 Å². The van der Waals surface area contributed by atoms with Crippen LogP contribution in [0.1, 0.15) is 18.3 Å². The molecular formula is C13H16ClN3O. The highest BCUT2D eigenvalue weighted by molar-refractivity contribution is 6.32. The van der Waals surface area contributed by atoms with Gasteiger partial charge in [-0.3, -0.25) is 0 Å². The second kappa shape index (κ2) is 5.89. The Balaban J connectivity index is 2.06. The van der Waals surface area contributed by atoms with E-state index in [2.05, 4.69) is 11.9 Å². The monoisotopic (exact) mass is 265 g/mol. The lowest BCUT2D eigenvalue weighted by Crippen LogP contribution is -2.05. The second-order valence-electron chi connectivity index (χ2n) is 3.89. The summed E-state index contributed by atoms with van der Waals surface area (Å²) >= 11 is 6.11. The molecule has 1 heterocycles. The molecule has 5 heteroatoms. The van der Waals surface area contributed by atoms with Crippen LogP contribution in [0.5, 0.6) is 5.75 Å². The number of aromatic nitrogens is 2. The summed E-state index contributed by atoms with van der Waals surface area (Å²) in [5.41, 5.74) is 6.53. The summed E-state index contributed by atoms with van der Waals surface area (Å²) in [7, 11) is 0. The first-order valence-corrected chi connectivity index (χ1v) is 6.23. The molecule has 0 fully saturated rings. The van der Waals surface area contributed by atoms with Crippen LogP contribution in [-0.2, 0) is 19.7 Å². The van der Waals surface area contributed by atoms with Crippen LogP contribution in [0.2, 0.25) is 5.02 Å². The molecule has 0 amide bonds. The van der Waals surface area contributed by atoms with Crippen LogP contribution in [0.25, 0.3) is 0 Å². The third kappa shape index (κ3) is 2.83. The Morgan fingerprint density at radius 2 is 2.28 bits per heavy atom. The number of rotatable bonds is 5. The summed E-state index contributed by atoms with van der Waals surface area (Å²) in [5, 5.41) is 0.576. The maximum atomic E-state index is 6.11. The largest absolute Gasteiger partial charge is 0.484 e. The molecule has 2 aromatic rings. The Kier molecular flexibility index (Phi) is 4.23. The van der Waals surface area contributed by atoms with Crippen molar-refractivity contribution >= 4 is 11.6 Å². The van der Waals surface area contributed by atoms with Gasteiger partial charge in [-0.1, -0.05) is 17.7 Å². The van der Waals surface area contributed by atoms with Gasteiger partial charge in [-0.25, -0.2) is 4.98 Å². The SMILES string of the molecule is CCn1ccnc1COc1ccc(CN)cc1Cl. The zero-order valence-corrected chi connectivity index (χ0v) is 11.0. The quantitative estimate of drug-likeness (QED) is 0.904. The summed E-state index contributed by atoms with van der Waals surface area (Å²) in [4.78, 5) is 4.24. The van der Waals surface area contributed by atoms with Crippen LogP contribution >= 0.6 is 11.6 Å². The van der Waals surface area contributed by atoms with Crippen molar-refractivity contribution in [2.24, 2.45) is 5.73 Å². The molecule has 0 bridgehead atoms. The number of nitrogens with two attached hydrogens (primary N) is 1. The minimum absolute atomic E-state index is 0.405. The van der Waals surface area contributed by atoms with Gasteiger partial charge in [0.25, 0.3) is 0 Å². The smallest absolute Gasteiger partial charge is 0.146 e. The Labute approximate surface area is 111 Å². The van der Waals surface area contributed by atoms with Crippen molar-refractivity contribution in [2.45, 2.75) is 26.6 Å². The van der Waals surface area contributed by atoms with Crippen molar-refractivity contribution in [3.63, 3.8) is 0 Å². The lowest BCUT2D eigenvalue weighted by atomic mass is 10.2. The van der Waals surface area contributed by atoms with Crippen molar-refractivity contribution in [3.05, 3.63) is 47.0 Å². The van der Waals surface area contributed by atoms with Gasteiger partial charge in [-0.05, 0) is 24.6 Å². The van der Waals surface area contributed by atoms with E-state index in [1.54, 1.807) is 6.20 Å². The fourth-order valence-corrected chi connectivity index (χ4v) is 1.96. The van der Waals surface area contributed by atoms with Crippen LogP contribution in [0.3, 0.4) is 0 Å². The van der Waals surface area contributed by atoms with Crippen molar-refractivity contribution in [2.75, 3.05) is 0 Å². The van der Waals surface area contributed by atoms with E-state index in [4.69, 9.17) is 22.1 Å². The molecule has 2 rings (SSSR count). The van der Waals surface area contributed by atoms with Crippen LogP contribution in [0.4, 0.5) is 0 Å². The molecule has 1 aromatic heterocycles. The zero-order valence-electron chi connectivity index (χ0n) is 10.3. The highest BCUT2D eigenvalue weighted by Crippen LogP contribution is 2.26. The zero-order chi connectivity index (χ0) is 13.0. The average Bonchev–Trinajstić information content (AvgIpc) is 2.84. The first kappa shape index (κ1) is 12.9. The number of halogens is 1. The van der Waals surface area contributed by atoms with Gasteiger partial charge in [0.2, 0.25) is 0 Å². The van der Waals surface area contributed by atoms with Crippen molar-refractivity contribution in [1.82, 2.24) is 9.55 Å². The van der Waals surface area contributed by atoms with Crippen molar-refractivity contribution in [3.8, 4) is 5.75 Å². The van der Waals surface area contributed by atoms with E-state index in [1.807, 2.05) is 29.0 Å². The van der Waals surface area contributed by atoms with Gasteiger partial charge in [-0.15, -0.1) is 0 Å². The Hall–Kier alpha value is -1.52. The summed E-state index contributed by atoms with van der Waals surface area (Å²) in [6, 6.07) is 5.57. The summed E-state index contributed by atoms with van der Waals surface area (Å²) < 4.78 is 7.70. The molecule has 0 aliphatic heterocycles. The maximum Gasteiger partial charge on any atom is 0.146 e. The summed E-state index contributed by atoms with van der Waals surface area (Å²) in [6.45, 7) is 3.81. The third-order valence-electron chi connectivity index (χ3n) is 2.73. The molecule has 0 saturated carbocycles. The molecule has 0 unspecified atom stereocenters. The van der Waals surface area contributed by atoms with E-state index in [9.17, 15) is 0 Å². The van der Waals surface area contributed by atoms with Crippen LogP contribution in [0.15, 0.2) is 30.6 Å². The molecule has 2 N–H and O–H groups in total. The van der Waals surface area contributed by atoms with Gasteiger partial charge in [0.15, 0.2) is 0 Å². The van der Waals surface area contributed by atoms with Crippen LogP contribution < -0.4 is 10.5 Å². The number of hydrogen-bond donors (Lipinski definition) is 1. The average molecular weight is 266 g/mol. The molecule has 0 saturated heterocycles. The lowest BCUT2D eigenvalue weighted by molar-refractivity contribution is 0.290. The summed E-state index contributed by atoms with van der Waals surface area (Å²) in [5.74, 6) is 1.54. The third-order valence-corrected chi connectivity index (χ3v) is 3.03. The predicted octanol–water partition coefficient (Wildman–Crippen LogP) is 2.59. The number of imidazole rings is 1. The van der Waals surface area contributed by atoms with E-state index in [0.717, 1.165) is 17.9 Å². The Morgan fingerprint density at radius 1 is 1.44 bits per heavy atom. The molecule has 0 atom stereocenters. The molecule has 0 radical (unpaired) electrons. The molecule has 4 nitrogen and oxygen atoms in total. The predicted molar refractivity (Wildman–Crippen MR) is 71.6 cm³/mol. The van der Waals surface area contributed by atoms with Gasteiger partial charge in [0.1, 0.15) is 18.2 Å². The van der Waals surface area contributed by atoms with Gasteiger partial charge in [-0.2, -0.15) is 0 Å². The highest BCUT2D eigenvalue weighted by atomic mass is 35.5. The molecule has 0 spiro atoms. The van der Waals surface area contributed by atoms with E-state index >= 15 is 0 Å². The maximum absolute atomic E-state index is 6.11. The van der Waals surface area contributed by atoms with E-state index in [1.165, 1.54) is 0 Å². The molecule has 0 aliphatic rings.